The number of hydrogen-bond donors (Lipinski definition) is 7. The first-order valence-electron chi connectivity index (χ1n) is 11.8. The average molecular weight is 520 g/mol. The number of amides is 3. The molecule has 0 aliphatic carbocycles. The van der Waals surface area contributed by atoms with Crippen molar-refractivity contribution in [2.24, 2.45) is 17.4 Å². The van der Waals surface area contributed by atoms with Gasteiger partial charge in [-0.1, -0.05) is 20.3 Å². The third-order valence-corrected chi connectivity index (χ3v) is 6.29. The highest BCUT2D eigenvalue weighted by Crippen LogP contribution is 2.09. The highest BCUT2D eigenvalue weighted by atomic mass is 32.2. The molecule has 5 atom stereocenters. The summed E-state index contributed by atoms with van der Waals surface area (Å²) >= 11 is 1.41. The number of carboxylic acid groups (broad SMARTS) is 2. The molecule has 0 bridgehead atoms. The first kappa shape index (κ1) is 32.6. The molecule has 0 aliphatic rings. The van der Waals surface area contributed by atoms with Crippen LogP contribution in [0.4, 0.5) is 0 Å². The Balaban J connectivity index is 5.57. The predicted molar refractivity (Wildman–Crippen MR) is 134 cm³/mol. The molecule has 13 heteroatoms. The van der Waals surface area contributed by atoms with Crippen molar-refractivity contribution in [3.8, 4) is 0 Å². The molecule has 0 aromatic carbocycles. The van der Waals surface area contributed by atoms with Crippen molar-refractivity contribution in [2.45, 2.75) is 83.0 Å². The molecule has 0 aliphatic heterocycles. The molecule has 5 unspecified atom stereocenters. The molecular weight excluding hydrogens is 478 g/mol. The van der Waals surface area contributed by atoms with Gasteiger partial charge in [-0.05, 0) is 56.6 Å². The summed E-state index contributed by atoms with van der Waals surface area (Å²) in [5, 5.41) is 25.9. The van der Waals surface area contributed by atoms with E-state index < -0.39 is 60.2 Å². The SMILES string of the molecule is CCC(C)C(N)C(=O)NC(CCCCN)C(=O)NC(CCC(=O)O)C(=O)NC(CCSC)C(=O)O. The van der Waals surface area contributed by atoms with Gasteiger partial charge in [-0.15, -0.1) is 0 Å². The number of thioether (sulfide) groups is 1. The molecule has 0 heterocycles. The number of carboxylic acids is 2. The molecule has 0 radical (unpaired) electrons. The standard InChI is InChI=1S/C22H41N5O7S/c1-4-13(2)18(24)21(32)26-14(7-5-6-11-23)19(30)25-15(8-9-17(28)29)20(31)27-16(22(33)34)10-12-35-3/h13-16,18H,4-12,23-24H2,1-3H3,(H,25,30)(H,26,32)(H,27,31)(H,28,29)(H,33,34). The zero-order valence-electron chi connectivity index (χ0n) is 20.7. The van der Waals surface area contributed by atoms with Gasteiger partial charge in [0.15, 0.2) is 0 Å². The van der Waals surface area contributed by atoms with Gasteiger partial charge in [-0.25, -0.2) is 4.79 Å². The summed E-state index contributed by atoms with van der Waals surface area (Å²) in [6, 6.07) is -4.33. The summed E-state index contributed by atoms with van der Waals surface area (Å²) in [6.07, 6.45) is 3.31. The second-order valence-electron chi connectivity index (χ2n) is 8.43. The number of rotatable bonds is 19. The van der Waals surface area contributed by atoms with Crippen molar-refractivity contribution in [2.75, 3.05) is 18.6 Å². The van der Waals surface area contributed by atoms with Gasteiger partial charge in [0, 0.05) is 6.42 Å². The van der Waals surface area contributed by atoms with Crippen LogP contribution in [-0.2, 0) is 24.0 Å². The Morgan fingerprint density at radius 2 is 1.40 bits per heavy atom. The molecule has 0 rings (SSSR count). The molecule has 3 amide bonds. The Hall–Kier alpha value is -2.38. The number of nitrogens with two attached hydrogens (primary N) is 2. The molecule has 0 aromatic rings. The molecular formula is C22H41N5O7S. The quantitative estimate of drug-likeness (QED) is 0.110. The van der Waals surface area contributed by atoms with Crippen LogP contribution in [0.25, 0.3) is 0 Å². The Bertz CT molecular complexity index is 710. The minimum absolute atomic E-state index is 0.119. The third-order valence-electron chi connectivity index (χ3n) is 5.64. The highest BCUT2D eigenvalue weighted by molar-refractivity contribution is 7.98. The van der Waals surface area contributed by atoms with Crippen molar-refractivity contribution in [1.82, 2.24) is 16.0 Å². The van der Waals surface area contributed by atoms with Crippen molar-refractivity contribution in [3.05, 3.63) is 0 Å². The molecule has 0 aromatic heterocycles. The van der Waals surface area contributed by atoms with Crippen molar-refractivity contribution >= 4 is 41.4 Å². The first-order valence-corrected chi connectivity index (χ1v) is 13.2. The maximum Gasteiger partial charge on any atom is 0.326 e. The van der Waals surface area contributed by atoms with E-state index in [9.17, 15) is 29.1 Å². The van der Waals surface area contributed by atoms with Crippen LogP contribution in [0, 0.1) is 5.92 Å². The Kier molecular flexibility index (Phi) is 16.7. The topological polar surface area (TPSA) is 214 Å². The van der Waals surface area contributed by atoms with E-state index in [1.54, 1.807) is 6.26 Å². The van der Waals surface area contributed by atoms with Crippen molar-refractivity contribution in [3.63, 3.8) is 0 Å². The van der Waals surface area contributed by atoms with E-state index in [0.717, 1.165) is 0 Å². The maximum atomic E-state index is 13.0. The van der Waals surface area contributed by atoms with Crippen molar-refractivity contribution in [1.29, 1.82) is 0 Å². The largest absolute Gasteiger partial charge is 0.481 e. The molecule has 9 N–H and O–H groups in total. The molecule has 0 spiro atoms. The minimum atomic E-state index is -1.30. The fourth-order valence-electron chi connectivity index (χ4n) is 3.12. The van der Waals surface area contributed by atoms with E-state index >= 15 is 0 Å². The van der Waals surface area contributed by atoms with Gasteiger partial charge in [0.1, 0.15) is 18.1 Å². The van der Waals surface area contributed by atoms with E-state index in [2.05, 4.69) is 16.0 Å². The molecule has 35 heavy (non-hydrogen) atoms. The third kappa shape index (κ3) is 13.3. The normalized spacial score (nSPS) is 15.2. The van der Waals surface area contributed by atoms with Gasteiger partial charge in [0.2, 0.25) is 17.7 Å². The predicted octanol–water partition coefficient (Wildman–Crippen LogP) is -0.354. The number of nitrogens with one attached hydrogen (secondary N) is 3. The van der Waals surface area contributed by atoms with Crippen LogP contribution in [0.2, 0.25) is 0 Å². The van der Waals surface area contributed by atoms with Crippen LogP contribution in [-0.4, -0.2) is 82.6 Å². The Morgan fingerprint density at radius 3 is 1.89 bits per heavy atom. The lowest BCUT2D eigenvalue weighted by Crippen LogP contribution is -2.57. The highest BCUT2D eigenvalue weighted by Gasteiger charge is 2.31. The lowest BCUT2D eigenvalue weighted by molar-refractivity contribution is -0.143. The fourth-order valence-corrected chi connectivity index (χ4v) is 3.59. The van der Waals surface area contributed by atoms with Crippen LogP contribution in [0.3, 0.4) is 0 Å². The second kappa shape index (κ2) is 18.0. The van der Waals surface area contributed by atoms with Crippen LogP contribution < -0.4 is 27.4 Å². The van der Waals surface area contributed by atoms with Gasteiger partial charge in [0.25, 0.3) is 0 Å². The lowest BCUT2D eigenvalue weighted by Gasteiger charge is -2.26. The Labute approximate surface area is 210 Å². The lowest BCUT2D eigenvalue weighted by atomic mass is 9.98. The molecule has 0 saturated heterocycles. The van der Waals surface area contributed by atoms with Gasteiger partial charge in [0.05, 0.1) is 6.04 Å². The van der Waals surface area contributed by atoms with E-state index in [4.69, 9.17) is 16.6 Å². The van der Waals surface area contributed by atoms with E-state index in [1.807, 2.05) is 13.8 Å². The number of carbonyl (C=O) groups is 5. The summed E-state index contributed by atoms with van der Waals surface area (Å²) in [5.74, 6) is -4.06. The number of unbranched alkanes of at least 4 members (excludes halogenated alkanes) is 1. The Morgan fingerprint density at radius 1 is 0.857 bits per heavy atom. The number of carbonyl (C=O) groups excluding carboxylic acids is 3. The zero-order valence-corrected chi connectivity index (χ0v) is 21.6. The summed E-state index contributed by atoms with van der Waals surface area (Å²) in [5.41, 5.74) is 11.5. The van der Waals surface area contributed by atoms with Gasteiger partial charge in [-0.3, -0.25) is 19.2 Å². The number of hydrogen-bond acceptors (Lipinski definition) is 8. The number of aliphatic carboxylic acids is 2. The smallest absolute Gasteiger partial charge is 0.326 e. The monoisotopic (exact) mass is 519 g/mol. The summed E-state index contributed by atoms with van der Waals surface area (Å²) in [6.45, 7) is 4.10. The molecule has 12 nitrogen and oxygen atoms in total. The summed E-state index contributed by atoms with van der Waals surface area (Å²) < 4.78 is 0. The van der Waals surface area contributed by atoms with Crippen molar-refractivity contribution < 1.29 is 34.2 Å². The van der Waals surface area contributed by atoms with E-state index in [0.29, 0.717) is 31.6 Å². The van der Waals surface area contributed by atoms with Crippen LogP contribution in [0.1, 0.15) is 58.8 Å². The summed E-state index contributed by atoms with van der Waals surface area (Å²) in [4.78, 5) is 61.0. The van der Waals surface area contributed by atoms with E-state index in [1.165, 1.54) is 11.8 Å². The molecule has 202 valence electrons. The average Bonchev–Trinajstić information content (AvgIpc) is 2.81. The maximum absolute atomic E-state index is 13.0. The zero-order chi connectivity index (χ0) is 27.0. The van der Waals surface area contributed by atoms with Gasteiger partial charge >= 0.3 is 11.9 Å². The van der Waals surface area contributed by atoms with Crippen LogP contribution in [0.15, 0.2) is 0 Å². The second-order valence-corrected chi connectivity index (χ2v) is 9.42. The van der Waals surface area contributed by atoms with Crippen LogP contribution >= 0.6 is 11.8 Å². The fraction of sp³-hybridized carbons (Fsp3) is 0.773. The molecule has 0 fully saturated rings. The minimum Gasteiger partial charge on any atom is -0.481 e. The summed E-state index contributed by atoms with van der Waals surface area (Å²) in [7, 11) is 0. The first-order chi connectivity index (χ1) is 16.5. The van der Waals surface area contributed by atoms with Crippen LogP contribution in [0.5, 0.6) is 0 Å². The van der Waals surface area contributed by atoms with E-state index in [-0.39, 0.29) is 25.2 Å². The van der Waals surface area contributed by atoms with Gasteiger partial charge < -0.3 is 37.6 Å². The molecule has 0 saturated carbocycles. The van der Waals surface area contributed by atoms with Gasteiger partial charge in [-0.2, -0.15) is 11.8 Å².